The SMILES string of the molecule is CCOc1cccc(N2C(=O)CC(N3CCN(C)CC3)C2=O)c1. The zero-order valence-electron chi connectivity index (χ0n) is 13.7. The molecule has 0 spiro atoms. The first-order valence-corrected chi connectivity index (χ1v) is 8.12. The van der Waals surface area contributed by atoms with Gasteiger partial charge in [-0.05, 0) is 26.1 Å². The molecule has 2 amide bonds. The molecular formula is C17H23N3O3. The maximum absolute atomic E-state index is 12.8. The molecule has 2 fully saturated rings. The normalized spacial score (nSPS) is 23.6. The molecule has 0 bridgehead atoms. The quantitative estimate of drug-likeness (QED) is 0.775. The number of anilines is 1. The average Bonchev–Trinajstić information content (AvgIpc) is 2.83. The first kappa shape index (κ1) is 16.0. The number of likely N-dealkylation sites (N-methyl/N-ethyl adjacent to an activating group) is 1. The zero-order chi connectivity index (χ0) is 16.4. The third kappa shape index (κ3) is 3.23. The Labute approximate surface area is 136 Å². The molecule has 1 unspecified atom stereocenters. The highest BCUT2D eigenvalue weighted by molar-refractivity contribution is 6.22. The van der Waals surface area contributed by atoms with E-state index in [1.807, 2.05) is 19.1 Å². The number of amides is 2. The summed E-state index contributed by atoms with van der Waals surface area (Å²) in [5, 5.41) is 0. The molecule has 23 heavy (non-hydrogen) atoms. The number of nitrogens with zero attached hydrogens (tertiary/aromatic N) is 3. The van der Waals surface area contributed by atoms with E-state index in [2.05, 4.69) is 16.8 Å². The number of imide groups is 1. The van der Waals surface area contributed by atoms with Gasteiger partial charge >= 0.3 is 0 Å². The summed E-state index contributed by atoms with van der Waals surface area (Å²) in [5.74, 6) is 0.425. The summed E-state index contributed by atoms with van der Waals surface area (Å²) in [4.78, 5) is 30.9. The number of hydrogen-bond acceptors (Lipinski definition) is 5. The molecule has 2 aliphatic heterocycles. The Hall–Kier alpha value is -1.92. The minimum absolute atomic E-state index is 0.117. The van der Waals surface area contributed by atoms with Crippen molar-refractivity contribution in [1.29, 1.82) is 0 Å². The van der Waals surface area contributed by atoms with E-state index >= 15 is 0 Å². The molecule has 3 rings (SSSR count). The number of carbonyl (C=O) groups excluding carboxylic acids is 2. The molecule has 0 aromatic heterocycles. The van der Waals surface area contributed by atoms with Crippen LogP contribution in [0.25, 0.3) is 0 Å². The minimum Gasteiger partial charge on any atom is -0.494 e. The van der Waals surface area contributed by atoms with E-state index in [1.54, 1.807) is 12.1 Å². The smallest absolute Gasteiger partial charge is 0.251 e. The number of hydrogen-bond donors (Lipinski definition) is 0. The Morgan fingerprint density at radius 1 is 1.17 bits per heavy atom. The fourth-order valence-electron chi connectivity index (χ4n) is 3.19. The van der Waals surface area contributed by atoms with Crippen LogP contribution in [0, 0.1) is 0 Å². The van der Waals surface area contributed by atoms with Crippen LogP contribution in [0.15, 0.2) is 24.3 Å². The van der Waals surface area contributed by atoms with E-state index in [0.29, 0.717) is 18.0 Å². The van der Waals surface area contributed by atoms with Gasteiger partial charge in [0.15, 0.2) is 0 Å². The maximum Gasteiger partial charge on any atom is 0.251 e. The van der Waals surface area contributed by atoms with Crippen molar-refractivity contribution in [2.75, 3.05) is 44.7 Å². The molecule has 0 saturated carbocycles. The lowest BCUT2D eigenvalue weighted by molar-refractivity contribution is -0.123. The molecule has 1 aromatic rings. The third-order valence-corrected chi connectivity index (χ3v) is 4.49. The molecule has 2 saturated heterocycles. The third-order valence-electron chi connectivity index (χ3n) is 4.49. The lowest BCUT2D eigenvalue weighted by Gasteiger charge is -2.35. The second kappa shape index (κ2) is 6.68. The number of carbonyl (C=O) groups is 2. The summed E-state index contributed by atoms with van der Waals surface area (Å²) in [6.45, 7) is 5.97. The van der Waals surface area contributed by atoms with Crippen molar-refractivity contribution in [3.8, 4) is 5.75 Å². The highest BCUT2D eigenvalue weighted by atomic mass is 16.5. The fourth-order valence-corrected chi connectivity index (χ4v) is 3.19. The number of benzene rings is 1. The van der Waals surface area contributed by atoms with Crippen LogP contribution in [0.3, 0.4) is 0 Å². The van der Waals surface area contributed by atoms with Crippen molar-refractivity contribution < 1.29 is 14.3 Å². The molecule has 124 valence electrons. The summed E-state index contributed by atoms with van der Waals surface area (Å²) in [6.07, 6.45) is 0.265. The molecule has 6 heteroatoms. The van der Waals surface area contributed by atoms with Crippen molar-refractivity contribution in [3.05, 3.63) is 24.3 Å². The van der Waals surface area contributed by atoms with Crippen LogP contribution in [0.1, 0.15) is 13.3 Å². The molecule has 1 atom stereocenters. The summed E-state index contributed by atoms with van der Waals surface area (Å²) in [5.41, 5.74) is 0.600. The van der Waals surface area contributed by atoms with Gasteiger partial charge in [0.2, 0.25) is 5.91 Å². The van der Waals surface area contributed by atoms with Crippen LogP contribution in [0.4, 0.5) is 5.69 Å². The summed E-state index contributed by atoms with van der Waals surface area (Å²) < 4.78 is 5.47. The van der Waals surface area contributed by atoms with E-state index in [1.165, 1.54) is 4.90 Å². The van der Waals surface area contributed by atoms with Gasteiger partial charge in [0, 0.05) is 32.2 Å². The van der Waals surface area contributed by atoms with Gasteiger partial charge in [-0.2, -0.15) is 0 Å². The molecule has 6 nitrogen and oxygen atoms in total. The first-order valence-electron chi connectivity index (χ1n) is 8.12. The molecule has 2 heterocycles. The molecule has 0 N–H and O–H groups in total. The van der Waals surface area contributed by atoms with Gasteiger partial charge in [-0.3, -0.25) is 14.5 Å². The van der Waals surface area contributed by atoms with Crippen LogP contribution < -0.4 is 9.64 Å². The Balaban J connectivity index is 1.77. The average molecular weight is 317 g/mol. The Bertz CT molecular complexity index is 597. The summed E-state index contributed by atoms with van der Waals surface area (Å²) >= 11 is 0. The summed E-state index contributed by atoms with van der Waals surface area (Å²) in [7, 11) is 2.07. The second-order valence-corrected chi connectivity index (χ2v) is 6.06. The monoisotopic (exact) mass is 317 g/mol. The lowest BCUT2D eigenvalue weighted by atomic mass is 10.2. The summed E-state index contributed by atoms with van der Waals surface area (Å²) in [6, 6.07) is 6.85. The van der Waals surface area contributed by atoms with Crippen molar-refractivity contribution in [2.45, 2.75) is 19.4 Å². The molecule has 0 radical (unpaired) electrons. The second-order valence-electron chi connectivity index (χ2n) is 6.06. The van der Waals surface area contributed by atoms with Gasteiger partial charge < -0.3 is 9.64 Å². The standard InChI is InChI=1S/C17H23N3O3/c1-3-23-14-6-4-5-13(11-14)20-16(21)12-15(17(20)22)19-9-7-18(2)8-10-19/h4-6,11,15H,3,7-10,12H2,1-2H3. The van der Waals surface area contributed by atoms with Gasteiger partial charge in [0.1, 0.15) is 5.75 Å². The fraction of sp³-hybridized carbons (Fsp3) is 0.529. The van der Waals surface area contributed by atoms with E-state index in [4.69, 9.17) is 4.74 Å². The topological polar surface area (TPSA) is 53.1 Å². The van der Waals surface area contributed by atoms with E-state index in [-0.39, 0.29) is 24.3 Å². The van der Waals surface area contributed by atoms with Gasteiger partial charge in [0.25, 0.3) is 5.91 Å². The number of ether oxygens (including phenoxy) is 1. The van der Waals surface area contributed by atoms with Crippen LogP contribution >= 0.6 is 0 Å². The van der Waals surface area contributed by atoms with Crippen LogP contribution in [-0.2, 0) is 9.59 Å². The van der Waals surface area contributed by atoms with Crippen molar-refractivity contribution in [1.82, 2.24) is 9.80 Å². The number of piperazine rings is 1. The molecule has 2 aliphatic rings. The van der Waals surface area contributed by atoms with E-state index in [0.717, 1.165) is 26.2 Å². The predicted octanol–water partition coefficient (Wildman–Crippen LogP) is 0.965. The van der Waals surface area contributed by atoms with Gasteiger partial charge in [0.05, 0.1) is 24.8 Å². The Morgan fingerprint density at radius 2 is 1.91 bits per heavy atom. The van der Waals surface area contributed by atoms with Gasteiger partial charge in [-0.25, -0.2) is 4.90 Å². The van der Waals surface area contributed by atoms with Gasteiger partial charge in [-0.15, -0.1) is 0 Å². The van der Waals surface area contributed by atoms with Crippen LogP contribution in [0.2, 0.25) is 0 Å². The van der Waals surface area contributed by atoms with Crippen molar-refractivity contribution >= 4 is 17.5 Å². The number of rotatable bonds is 4. The lowest BCUT2D eigenvalue weighted by Crippen LogP contribution is -2.51. The van der Waals surface area contributed by atoms with Gasteiger partial charge in [-0.1, -0.05) is 6.07 Å². The first-order chi connectivity index (χ1) is 11.1. The highest BCUT2D eigenvalue weighted by Gasteiger charge is 2.43. The molecule has 1 aromatic carbocycles. The predicted molar refractivity (Wildman–Crippen MR) is 87.6 cm³/mol. The van der Waals surface area contributed by atoms with E-state index < -0.39 is 0 Å². The van der Waals surface area contributed by atoms with E-state index in [9.17, 15) is 9.59 Å². The minimum atomic E-state index is -0.327. The van der Waals surface area contributed by atoms with Crippen LogP contribution in [0.5, 0.6) is 5.75 Å². The Kier molecular flexibility index (Phi) is 4.63. The largest absolute Gasteiger partial charge is 0.494 e. The van der Waals surface area contributed by atoms with Crippen LogP contribution in [-0.4, -0.2) is 67.5 Å². The Morgan fingerprint density at radius 3 is 2.61 bits per heavy atom. The zero-order valence-corrected chi connectivity index (χ0v) is 13.7. The molecule has 0 aliphatic carbocycles. The van der Waals surface area contributed by atoms with Crippen molar-refractivity contribution in [3.63, 3.8) is 0 Å². The maximum atomic E-state index is 12.8. The highest BCUT2D eigenvalue weighted by Crippen LogP contribution is 2.28. The molecular weight excluding hydrogens is 294 g/mol. The van der Waals surface area contributed by atoms with Crippen molar-refractivity contribution in [2.24, 2.45) is 0 Å².